The summed E-state index contributed by atoms with van der Waals surface area (Å²) in [5, 5.41) is 0. The molecular weight excluding hydrogens is 328 g/mol. The third kappa shape index (κ3) is 6.01. The van der Waals surface area contributed by atoms with Crippen molar-refractivity contribution in [3.63, 3.8) is 0 Å². The molecule has 0 N–H and O–H groups in total. The number of esters is 3. The van der Waals surface area contributed by atoms with Gasteiger partial charge in [0.05, 0.1) is 6.61 Å². The van der Waals surface area contributed by atoms with Crippen molar-refractivity contribution in [2.24, 2.45) is 5.92 Å². The molecule has 2 rings (SSSR count). The first-order valence-electron chi connectivity index (χ1n) is 8.39. The molecule has 0 spiro atoms. The molecule has 138 valence electrons. The average Bonchev–Trinajstić information content (AvgIpc) is 3.40. The third-order valence-electron chi connectivity index (χ3n) is 4.00. The zero-order chi connectivity index (χ0) is 18.4. The van der Waals surface area contributed by atoms with Gasteiger partial charge in [-0.1, -0.05) is 13.5 Å². The molecule has 0 aromatic carbocycles. The molecule has 0 radical (unpaired) electrons. The highest BCUT2D eigenvalue weighted by Crippen LogP contribution is 2.31. The van der Waals surface area contributed by atoms with Gasteiger partial charge in [-0.2, -0.15) is 0 Å². The minimum atomic E-state index is -0.562. The quantitative estimate of drug-likeness (QED) is 0.216. The number of ether oxygens (including phenoxy) is 4. The van der Waals surface area contributed by atoms with Gasteiger partial charge in [0.15, 0.2) is 0 Å². The van der Waals surface area contributed by atoms with Crippen LogP contribution >= 0.6 is 0 Å². The van der Waals surface area contributed by atoms with Crippen LogP contribution in [0.5, 0.6) is 0 Å². The van der Waals surface area contributed by atoms with E-state index in [-0.39, 0.29) is 31.5 Å². The summed E-state index contributed by atoms with van der Waals surface area (Å²) >= 11 is 0. The molecule has 0 bridgehead atoms. The van der Waals surface area contributed by atoms with Gasteiger partial charge in [-0.15, -0.1) is 0 Å². The van der Waals surface area contributed by atoms with Crippen LogP contribution in [0.1, 0.15) is 33.1 Å². The van der Waals surface area contributed by atoms with E-state index in [1.165, 1.54) is 6.92 Å². The lowest BCUT2D eigenvalue weighted by Gasteiger charge is -2.22. The maximum Gasteiger partial charge on any atom is 0.334 e. The highest BCUT2D eigenvalue weighted by atomic mass is 16.6. The monoisotopic (exact) mass is 352 g/mol. The van der Waals surface area contributed by atoms with E-state index < -0.39 is 17.9 Å². The second-order valence-corrected chi connectivity index (χ2v) is 6.41. The number of carbonyl (C=O) groups excluding carboxylic acids is 3. The van der Waals surface area contributed by atoms with Crippen LogP contribution in [0.4, 0.5) is 0 Å². The van der Waals surface area contributed by atoms with Gasteiger partial charge >= 0.3 is 17.9 Å². The van der Waals surface area contributed by atoms with Crippen LogP contribution in [0.3, 0.4) is 0 Å². The highest BCUT2D eigenvalue weighted by Gasteiger charge is 2.31. The van der Waals surface area contributed by atoms with E-state index >= 15 is 0 Å². The Morgan fingerprint density at radius 3 is 2.40 bits per heavy atom. The van der Waals surface area contributed by atoms with Crippen molar-refractivity contribution in [3.05, 3.63) is 23.3 Å². The summed E-state index contributed by atoms with van der Waals surface area (Å²) in [4.78, 5) is 35.8. The van der Waals surface area contributed by atoms with Crippen LogP contribution in [0.2, 0.25) is 0 Å². The van der Waals surface area contributed by atoms with E-state index in [0.717, 1.165) is 6.42 Å². The van der Waals surface area contributed by atoms with Gasteiger partial charge in [-0.05, 0) is 32.1 Å². The summed E-state index contributed by atoms with van der Waals surface area (Å²) in [6.45, 7) is 7.69. The maximum absolute atomic E-state index is 12.3. The van der Waals surface area contributed by atoms with Crippen molar-refractivity contribution in [1.29, 1.82) is 0 Å². The lowest BCUT2D eigenvalue weighted by atomic mass is 9.85. The molecule has 0 saturated carbocycles. The zero-order valence-corrected chi connectivity index (χ0v) is 14.7. The smallest absolute Gasteiger partial charge is 0.334 e. The Bertz CT molecular complexity index is 586. The summed E-state index contributed by atoms with van der Waals surface area (Å²) in [5.41, 5.74) is 1.01. The Morgan fingerprint density at radius 2 is 1.76 bits per heavy atom. The molecule has 2 atom stereocenters. The maximum atomic E-state index is 12.3. The Hall–Kier alpha value is -2.15. The third-order valence-corrected chi connectivity index (χ3v) is 4.00. The molecular formula is C18H24O7. The summed E-state index contributed by atoms with van der Waals surface area (Å²) in [5.74, 6) is -1.28. The fourth-order valence-electron chi connectivity index (χ4n) is 2.45. The first kappa shape index (κ1) is 19.2. The predicted molar refractivity (Wildman–Crippen MR) is 87.5 cm³/mol. The van der Waals surface area contributed by atoms with Crippen molar-refractivity contribution >= 4 is 17.9 Å². The summed E-state index contributed by atoms with van der Waals surface area (Å²) < 4.78 is 20.2. The molecule has 7 heteroatoms. The molecule has 1 saturated heterocycles. The molecule has 25 heavy (non-hydrogen) atoms. The molecule has 7 nitrogen and oxygen atoms in total. The van der Waals surface area contributed by atoms with Gasteiger partial charge in [0.2, 0.25) is 0 Å². The van der Waals surface area contributed by atoms with Gasteiger partial charge < -0.3 is 18.9 Å². The van der Waals surface area contributed by atoms with Crippen LogP contribution < -0.4 is 0 Å². The van der Waals surface area contributed by atoms with Gasteiger partial charge in [0.25, 0.3) is 0 Å². The molecule has 1 aliphatic heterocycles. The van der Waals surface area contributed by atoms with Crippen LogP contribution in [-0.2, 0) is 33.3 Å². The number of epoxide rings is 1. The molecule has 0 aromatic rings. The van der Waals surface area contributed by atoms with Crippen LogP contribution in [0, 0.1) is 5.92 Å². The number of rotatable bonds is 8. The molecule has 1 fully saturated rings. The standard InChI is InChI=1S/C18H24O7/c1-11(2)16(19)22-6-7-23-17(20)14-5-4-12(3)8-15(14)18(21)25-10-13-9-24-13/h12-13H,1,4-10H2,2-3H3. The van der Waals surface area contributed by atoms with Crippen LogP contribution in [0.25, 0.3) is 0 Å². The molecule has 1 heterocycles. The van der Waals surface area contributed by atoms with E-state index in [4.69, 9.17) is 18.9 Å². The van der Waals surface area contributed by atoms with Gasteiger partial charge in [-0.3, -0.25) is 0 Å². The molecule has 2 aliphatic rings. The van der Waals surface area contributed by atoms with Crippen LogP contribution in [-0.4, -0.2) is 50.4 Å². The number of carbonyl (C=O) groups is 3. The van der Waals surface area contributed by atoms with Gasteiger partial charge in [0.1, 0.15) is 25.9 Å². The molecule has 0 amide bonds. The van der Waals surface area contributed by atoms with E-state index in [2.05, 4.69) is 6.58 Å². The van der Waals surface area contributed by atoms with Crippen molar-refractivity contribution in [2.45, 2.75) is 39.2 Å². The van der Waals surface area contributed by atoms with E-state index in [9.17, 15) is 14.4 Å². The lowest BCUT2D eigenvalue weighted by Crippen LogP contribution is -2.24. The van der Waals surface area contributed by atoms with Crippen molar-refractivity contribution in [2.75, 3.05) is 26.4 Å². The topological polar surface area (TPSA) is 91.4 Å². The SMILES string of the molecule is C=C(C)C(=O)OCCOC(=O)C1=C(C(=O)OCC2CO2)CC(C)CC1. The Kier molecular flexibility index (Phi) is 6.75. The molecule has 0 aromatic heterocycles. The Morgan fingerprint density at radius 1 is 1.12 bits per heavy atom. The van der Waals surface area contributed by atoms with Crippen molar-refractivity contribution in [1.82, 2.24) is 0 Å². The second-order valence-electron chi connectivity index (χ2n) is 6.41. The number of hydrogen-bond acceptors (Lipinski definition) is 7. The first-order chi connectivity index (χ1) is 11.9. The summed E-state index contributed by atoms with van der Waals surface area (Å²) in [6, 6.07) is 0. The minimum Gasteiger partial charge on any atom is -0.459 e. The van der Waals surface area contributed by atoms with Gasteiger partial charge in [0, 0.05) is 16.7 Å². The molecule has 2 unspecified atom stereocenters. The van der Waals surface area contributed by atoms with E-state index in [1.54, 1.807) is 0 Å². The lowest BCUT2D eigenvalue weighted by molar-refractivity contribution is -0.148. The van der Waals surface area contributed by atoms with Crippen molar-refractivity contribution in [3.8, 4) is 0 Å². The first-order valence-corrected chi connectivity index (χ1v) is 8.39. The number of hydrogen-bond donors (Lipinski definition) is 0. The Balaban J connectivity index is 1.90. The fraction of sp³-hybridized carbons (Fsp3) is 0.611. The van der Waals surface area contributed by atoms with Crippen LogP contribution in [0.15, 0.2) is 23.3 Å². The van der Waals surface area contributed by atoms with E-state index in [0.29, 0.717) is 36.5 Å². The zero-order valence-electron chi connectivity index (χ0n) is 14.7. The fourth-order valence-corrected chi connectivity index (χ4v) is 2.45. The molecule has 1 aliphatic carbocycles. The summed E-state index contributed by atoms with van der Waals surface area (Å²) in [7, 11) is 0. The van der Waals surface area contributed by atoms with Crippen molar-refractivity contribution < 1.29 is 33.3 Å². The largest absolute Gasteiger partial charge is 0.459 e. The Labute approximate surface area is 146 Å². The normalized spacial score (nSPS) is 22.2. The van der Waals surface area contributed by atoms with Gasteiger partial charge in [-0.25, -0.2) is 14.4 Å². The summed E-state index contributed by atoms with van der Waals surface area (Å²) in [6.07, 6.45) is 1.73. The van der Waals surface area contributed by atoms with E-state index in [1.807, 2.05) is 6.92 Å². The minimum absolute atomic E-state index is 0.0241. The average molecular weight is 352 g/mol. The second kappa shape index (κ2) is 8.80. The predicted octanol–water partition coefficient (Wildman–Crippen LogP) is 1.71. The highest BCUT2D eigenvalue weighted by molar-refractivity contribution is 6.00.